The van der Waals surface area contributed by atoms with Crippen molar-refractivity contribution in [2.24, 2.45) is 12.5 Å². The number of hydrogen-bond donors (Lipinski definition) is 2. The summed E-state index contributed by atoms with van der Waals surface area (Å²) >= 11 is 0. The van der Waals surface area contributed by atoms with Crippen molar-refractivity contribution in [1.82, 2.24) is 20.2 Å². The summed E-state index contributed by atoms with van der Waals surface area (Å²) in [6, 6.07) is 0. The molecule has 1 aromatic heterocycles. The molecule has 0 unspecified atom stereocenters. The molecule has 0 radical (unpaired) electrons. The molecule has 0 saturated carbocycles. The second-order valence-electron chi connectivity index (χ2n) is 3.35. The predicted octanol–water partition coefficient (Wildman–Crippen LogP) is -1.64. The van der Waals surface area contributed by atoms with Crippen LogP contribution in [-0.4, -0.2) is 56.7 Å². The Bertz CT molecular complexity index is 297. The summed E-state index contributed by atoms with van der Waals surface area (Å²) in [6.07, 6.45) is 1.53. The van der Waals surface area contributed by atoms with Gasteiger partial charge in [0.1, 0.15) is 11.7 Å². The van der Waals surface area contributed by atoms with Crippen LogP contribution in [0.5, 0.6) is 0 Å². The standard InChI is InChI=1S/C6H12O4.C2H4N4/c1-6(3-7,4-8)5(9)10-2;1-6-2-3-4-5-6/h7-8H,3-4H2,1-2H3;2H,1H3. The summed E-state index contributed by atoms with van der Waals surface area (Å²) in [4.78, 5) is 10.8. The van der Waals surface area contributed by atoms with E-state index in [0.717, 1.165) is 0 Å². The zero-order chi connectivity index (χ0) is 12.6. The Labute approximate surface area is 92.8 Å². The molecule has 0 aliphatic carbocycles. The Hall–Kier alpha value is -1.54. The molecular weight excluding hydrogens is 216 g/mol. The minimum Gasteiger partial charge on any atom is -0.468 e. The topological polar surface area (TPSA) is 110 Å². The summed E-state index contributed by atoms with van der Waals surface area (Å²) in [7, 11) is 2.98. The first-order valence-corrected chi connectivity index (χ1v) is 4.47. The van der Waals surface area contributed by atoms with Crippen LogP contribution in [0.2, 0.25) is 0 Å². The fourth-order valence-electron chi connectivity index (χ4n) is 0.633. The van der Waals surface area contributed by atoms with Gasteiger partial charge >= 0.3 is 5.97 Å². The van der Waals surface area contributed by atoms with Gasteiger partial charge in [0.25, 0.3) is 0 Å². The first-order valence-electron chi connectivity index (χ1n) is 4.47. The maximum absolute atomic E-state index is 10.8. The van der Waals surface area contributed by atoms with Crippen LogP contribution in [0.1, 0.15) is 6.92 Å². The summed E-state index contributed by atoms with van der Waals surface area (Å²) in [6.45, 7) is 0.616. The lowest BCUT2D eigenvalue weighted by Gasteiger charge is -2.20. The second kappa shape index (κ2) is 6.85. The highest BCUT2D eigenvalue weighted by atomic mass is 16.5. The fraction of sp³-hybridized carbons (Fsp3) is 0.750. The van der Waals surface area contributed by atoms with E-state index in [1.165, 1.54) is 25.0 Å². The molecule has 0 aromatic carbocycles. The van der Waals surface area contributed by atoms with Crippen LogP contribution in [0.25, 0.3) is 0 Å². The maximum atomic E-state index is 10.8. The number of methoxy groups -OCH3 is 1. The maximum Gasteiger partial charge on any atom is 0.316 e. The number of aliphatic hydroxyl groups excluding tert-OH is 2. The smallest absolute Gasteiger partial charge is 0.316 e. The van der Waals surface area contributed by atoms with Gasteiger partial charge in [-0.2, -0.15) is 0 Å². The third-order valence-corrected chi connectivity index (χ3v) is 1.83. The Morgan fingerprint density at radius 2 is 2.06 bits per heavy atom. The summed E-state index contributed by atoms with van der Waals surface area (Å²) in [5.74, 6) is -0.600. The largest absolute Gasteiger partial charge is 0.468 e. The van der Waals surface area contributed by atoms with Crippen molar-refractivity contribution in [2.45, 2.75) is 6.92 Å². The molecule has 0 aliphatic rings. The number of aromatic nitrogens is 4. The van der Waals surface area contributed by atoms with Gasteiger partial charge in [0.15, 0.2) is 0 Å². The molecular formula is C8H16N4O4. The van der Waals surface area contributed by atoms with Gasteiger partial charge in [-0.1, -0.05) is 0 Å². The number of hydrogen-bond acceptors (Lipinski definition) is 7. The number of carbonyl (C=O) groups is 1. The minimum absolute atomic E-state index is 0.407. The monoisotopic (exact) mass is 232 g/mol. The highest BCUT2D eigenvalue weighted by Gasteiger charge is 2.32. The highest BCUT2D eigenvalue weighted by Crippen LogP contribution is 2.15. The fourth-order valence-corrected chi connectivity index (χ4v) is 0.633. The molecule has 16 heavy (non-hydrogen) atoms. The van der Waals surface area contributed by atoms with Gasteiger partial charge in [-0.05, 0) is 17.4 Å². The third-order valence-electron chi connectivity index (χ3n) is 1.83. The molecule has 0 aliphatic heterocycles. The van der Waals surface area contributed by atoms with Gasteiger partial charge in [0, 0.05) is 7.05 Å². The van der Waals surface area contributed by atoms with Gasteiger partial charge in [0.2, 0.25) is 0 Å². The molecule has 0 atom stereocenters. The van der Waals surface area contributed by atoms with E-state index in [0.29, 0.717) is 0 Å². The van der Waals surface area contributed by atoms with Crippen LogP contribution in [0, 0.1) is 5.41 Å². The third kappa shape index (κ3) is 4.32. The van der Waals surface area contributed by atoms with Crippen molar-refractivity contribution >= 4 is 5.97 Å². The van der Waals surface area contributed by atoms with E-state index in [1.807, 2.05) is 0 Å². The average Bonchev–Trinajstić information content (AvgIpc) is 2.78. The van der Waals surface area contributed by atoms with Crippen molar-refractivity contribution in [3.63, 3.8) is 0 Å². The molecule has 2 N–H and O–H groups in total. The van der Waals surface area contributed by atoms with Gasteiger partial charge in [-0.25, -0.2) is 4.68 Å². The van der Waals surface area contributed by atoms with Crippen molar-refractivity contribution in [2.75, 3.05) is 20.3 Å². The van der Waals surface area contributed by atoms with E-state index in [1.54, 1.807) is 7.05 Å². The first kappa shape index (κ1) is 14.5. The molecule has 8 nitrogen and oxygen atoms in total. The molecule has 0 bridgehead atoms. The lowest BCUT2D eigenvalue weighted by molar-refractivity contribution is -0.156. The molecule has 0 saturated heterocycles. The van der Waals surface area contributed by atoms with Crippen LogP contribution < -0.4 is 0 Å². The molecule has 0 spiro atoms. The number of rotatable bonds is 3. The number of aryl methyl sites for hydroxylation is 1. The van der Waals surface area contributed by atoms with E-state index in [2.05, 4.69) is 20.3 Å². The summed E-state index contributed by atoms with van der Waals surface area (Å²) < 4.78 is 5.87. The van der Waals surface area contributed by atoms with Crippen LogP contribution >= 0.6 is 0 Å². The van der Waals surface area contributed by atoms with Crippen LogP contribution in [0.15, 0.2) is 6.33 Å². The number of tetrazole rings is 1. The zero-order valence-corrected chi connectivity index (χ0v) is 9.49. The molecule has 0 amide bonds. The lowest BCUT2D eigenvalue weighted by atomic mass is 9.93. The quantitative estimate of drug-likeness (QED) is 0.601. The Kier molecular flexibility index (Phi) is 6.19. The van der Waals surface area contributed by atoms with Crippen molar-refractivity contribution < 1.29 is 19.7 Å². The molecule has 8 heteroatoms. The van der Waals surface area contributed by atoms with Crippen molar-refractivity contribution in [1.29, 1.82) is 0 Å². The molecule has 92 valence electrons. The van der Waals surface area contributed by atoms with E-state index in [9.17, 15) is 4.79 Å². The molecule has 1 heterocycles. The van der Waals surface area contributed by atoms with E-state index in [-0.39, 0.29) is 0 Å². The van der Waals surface area contributed by atoms with E-state index in [4.69, 9.17) is 10.2 Å². The summed E-state index contributed by atoms with van der Waals surface area (Å²) in [5.41, 5.74) is -1.16. The predicted molar refractivity (Wildman–Crippen MR) is 53.1 cm³/mol. The van der Waals surface area contributed by atoms with Crippen molar-refractivity contribution in [3.8, 4) is 0 Å². The normalized spacial score (nSPS) is 10.3. The number of esters is 1. The Morgan fingerprint density at radius 1 is 1.50 bits per heavy atom. The Morgan fingerprint density at radius 3 is 2.19 bits per heavy atom. The minimum atomic E-state index is -1.16. The van der Waals surface area contributed by atoms with Gasteiger partial charge in [-0.3, -0.25) is 4.79 Å². The van der Waals surface area contributed by atoms with Crippen LogP contribution in [0.4, 0.5) is 0 Å². The van der Waals surface area contributed by atoms with Gasteiger partial charge < -0.3 is 14.9 Å². The van der Waals surface area contributed by atoms with Gasteiger partial charge in [0.05, 0.1) is 20.3 Å². The van der Waals surface area contributed by atoms with Crippen LogP contribution in [-0.2, 0) is 16.6 Å². The average molecular weight is 232 g/mol. The Balaban J connectivity index is 0.000000315. The number of aliphatic hydroxyl groups is 2. The summed E-state index contributed by atoms with van der Waals surface area (Å²) in [5, 5.41) is 27.4. The van der Waals surface area contributed by atoms with Crippen LogP contribution in [0.3, 0.4) is 0 Å². The second-order valence-corrected chi connectivity index (χ2v) is 3.35. The SMILES string of the molecule is COC(=O)C(C)(CO)CO.Cn1cnnn1. The number of nitrogens with zero attached hydrogens (tertiary/aromatic N) is 4. The highest BCUT2D eigenvalue weighted by molar-refractivity contribution is 5.76. The first-order chi connectivity index (χ1) is 7.50. The number of carbonyl (C=O) groups excluding carboxylic acids is 1. The van der Waals surface area contributed by atoms with Crippen molar-refractivity contribution in [3.05, 3.63) is 6.33 Å². The lowest BCUT2D eigenvalue weighted by Crippen LogP contribution is -2.36. The molecule has 0 fully saturated rings. The van der Waals surface area contributed by atoms with E-state index >= 15 is 0 Å². The zero-order valence-electron chi connectivity index (χ0n) is 9.49. The number of ether oxygens (including phenoxy) is 1. The molecule has 1 rings (SSSR count). The van der Waals surface area contributed by atoms with E-state index < -0.39 is 24.6 Å². The van der Waals surface area contributed by atoms with Gasteiger partial charge in [-0.15, -0.1) is 5.10 Å². The molecule has 1 aromatic rings.